The minimum absolute atomic E-state index is 0.0370. The predicted octanol–water partition coefficient (Wildman–Crippen LogP) is 4.50. The molecule has 1 aromatic heterocycles. The molecule has 2 aromatic carbocycles. The number of thioether (sulfide) groups is 1. The smallest absolute Gasteiger partial charge is 0.234 e. The third-order valence-electron chi connectivity index (χ3n) is 4.79. The van der Waals surface area contributed by atoms with E-state index in [1.165, 1.54) is 18.7 Å². The van der Waals surface area contributed by atoms with Crippen LogP contribution in [0, 0.1) is 0 Å². The van der Waals surface area contributed by atoms with Crippen LogP contribution >= 0.6 is 11.8 Å². The minimum atomic E-state index is -0.146. The summed E-state index contributed by atoms with van der Waals surface area (Å²) >= 11 is 1.40. The van der Waals surface area contributed by atoms with Crippen molar-refractivity contribution in [1.29, 1.82) is 0 Å². The van der Waals surface area contributed by atoms with E-state index >= 15 is 0 Å². The van der Waals surface area contributed by atoms with Crippen molar-refractivity contribution in [2.45, 2.75) is 25.3 Å². The number of fused-ring (bicyclic) bond motifs is 2. The quantitative estimate of drug-likeness (QED) is 0.465. The highest BCUT2D eigenvalue weighted by Gasteiger charge is 2.16. The molecule has 0 saturated heterocycles. The second-order valence-corrected chi connectivity index (χ2v) is 7.93. The van der Waals surface area contributed by atoms with Crippen molar-refractivity contribution < 1.29 is 19.1 Å². The van der Waals surface area contributed by atoms with Crippen molar-refractivity contribution in [3.05, 3.63) is 53.6 Å². The van der Waals surface area contributed by atoms with Crippen LogP contribution in [0.4, 0.5) is 5.69 Å². The molecule has 0 atom stereocenters. The fourth-order valence-corrected chi connectivity index (χ4v) is 4.15. The Hall–Kier alpha value is -3.06. The van der Waals surface area contributed by atoms with Crippen LogP contribution in [0.25, 0.3) is 10.9 Å². The van der Waals surface area contributed by atoms with Gasteiger partial charge in [0.05, 0.1) is 11.3 Å². The summed E-state index contributed by atoms with van der Waals surface area (Å²) in [6.45, 7) is 4.64. The Kier molecular flexibility index (Phi) is 5.90. The molecule has 0 fully saturated rings. The van der Waals surface area contributed by atoms with E-state index < -0.39 is 0 Å². The van der Waals surface area contributed by atoms with Gasteiger partial charge in [0.2, 0.25) is 5.91 Å². The van der Waals surface area contributed by atoms with Gasteiger partial charge in [-0.05, 0) is 43.2 Å². The summed E-state index contributed by atoms with van der Waals surface area (Å²) in [5.41, 5.74) is 3.07. The van der Waals surface area contributed by atoms with E-state index in [2.05, 4.69) is 18.3 Å². The molecular formula is C23H22N2O4S. The van der Waals surface area contributed by atoms with Gasteiger partial charge in [-0.2, -0.15) is 0 Å². The van der Waals surface area contributed by atoms with Crippen molar-refractivity contribution in [3.8, 4) is 11.5 Å². The number of nitrogens with zero attached hydrogens (tertiary/aromatic N) is 1. The van der Waals surface area contributed by atoms with Gasteiger partial charge in [-0.25, -0.2) is 4.98 Å². The Labute approximate surface area is 179 Å². The van der Waals surface area contributed by atoms with Crippen LogP contribution in [0.3, 0.4) is 0 Å². The summed E-state index contributed by atoms with van der Waals surface area (Å²) in [7, 11) is 0. The molecular weight excluding hydrogens is 400 g/mol. The van der Waals surface area contributed by atoms with Gasteiger partial charge < -0.3 is 14.8 Å². The molecule has 1 N–H and O–H groups in total. The van der Waals surface area contributed by atoms with Gasteiger partial charge in [-0.1, -0.05) is 30.8 Å². The zero-order valence-corrected chi connectivity index (χ0v) is 17.7. The maximum Gasteiger partial charge on any atom is 0.234 e. The lowest BCUT2D eigenvalue weighted by atomic mass is 10.1. The Morgan fingerprint density at radius 2 is 1.87 bits per heavy atom. The van der Waals surface area contributed by atoms with Crippen molar-refractivity contribution in [2.75, 3.05) is 24.3 Å². The molecule has 0 aliphatic carbocycles. The number of benzene rings is 2. The van der Waals surface area contributed by atoms with Crippen LogP contribution in [0.2, 0.25) is 0 Å². The summed E-state index contributed by atoms with van der Waals surface area (Å²) < 4.78 is 11.3. The van der Waals surface area contributed by atoms with E-state index in [4.69, 9.17) is 14.5 Å². The number of anilines is 1. The zero-order valence-electron chi connectivity index (χ0n) is 16.9. The first-order valence-corrected chi connectivity index (χ1v) is 10.8. The van der Waals surface area contributed by atoms with Crippen LogP contribution in [0.15, 0.2) is 47.5 Å². The van der Waals surface area contributed by atoms with Crippen LogP contribution in [-0.2, 0) is 11.2 Å². The Morgan fingerprint density at radius 1 is 1.10 bits per heavy atom. The largest absolute Gasteiger partial charge is 0.486 e. The number of amides is 1. The highest BCUT2D eigenvalue weighted by molar-refractivity contribution is 8.00. The van der Waals surface area contributed by atoms with E-state index in [1.807, 2.05) is 12.1 Å². The average Bonchev–Trinajstić information content (AvgIpc) is 2.75. The summed E-state index contributed by atoms with van der Waals surface area (Å²) in [5, 5.41) is 4.67. The molecule has 4 rings (SSSR count). The van der Waals surface area contributed by atoms with E-state index in [0.29, 0.717) is 30.2 Å². The lowest BCUT2D eigenvalue weighted by Crippen LogP contribution is -2.15. The van der Waals surface area contributed by atoms with Crippen LogP contribution in [0.1, 0.15) is 29.8 Å². The summed E-state index contributed by atoms with van der Waals surface area (Å²) in [4.78, 5) is 28.7. The lowest BCUT2D eigenvalue weighted by Gasteiger charge is -2.19. The van der Waals surface area contributed by atoms with E-state index in [9.17, 15) is 9.59 Å². The van der Waals surface area contributed by atoms with Crippen molar-refractivity contribution in [1.82, 2.24) is 4.98 Å². The number of aryl methyl sites for hydroxylation is 1. The SMILES string of the molecule is CCc1cc2cc3c(cc2nc1SCC(=O)Nc1cccc(C(C)=O)c1)OCCO3. The average molecular weight is 423 g/mol. The second kappa shape index (κ2) is 8.75. The minimum Gasteiger partial charge on any atom is -0.486 e. The number of aromatic nitrogens is 1. The molecule has 7 heteroatoms. The fraction of sp³-hybridized carbons (Fsp3) is 0.261. The van der Waals surface area contributed by atoms with Gasteiger partial charge in [0, 0.05) is 22.7 Å². The molecule has 0 saturated carbocycles. The summed E-state index contributed by atoms with van der Waals surface area (Å²) in [6.07, 6.45) is 0.808. The van der Waals surface area contributed by atoms with Gasteiger partial charge in [0.25, 0.3) is 0 Å². The van der Waals surface area contributed by atoms with Crippen molar-refractivity contribution in [3.63, 3.8) is 0 Å². The molecule has 1 amide bonds. The van der Waals surface area contributed by atoms with Gasteiger partial charge in [0.15, 0.2) is 17.3 Å². The zero-order chi connectivity index (χ0) is 21.1. The van der Waals surface area contributed by atoms with Gasteiger partial charge in [-0.3, -0.25) is 9.59 Å². The number of Topliss-reactive ketones (excluding diaryl/α,β-unsaturated/α-hetero) is 1. The third kappa shape index (κ3) is 4.41. The van der Waals surface area contributed by atoms with E-state index in [1.54, 1.807) is 24.3 Å². The highest BCUT2D eigenvalue weighted by atomic mass is 32.2. The number of carbonyl (C=O) groups is 2. The van der Waals surface area contributed by atoms with Gasteiger partial charge in [0.1, 0.15) is 18.2 Å². The maximum absolute atomic E-state index is 12.4. The number of carbonyl (C=O) groups excluding carboxylic acids is 2. The molecule has 1 aliphatic rings. The van der Waals surface area contributed by atoms with Gasteiger partial charge in [-0.15, -0.1) is 0 Å². The number of rotatable bonds is 6. The van der Waals surface area contributed by atoms with Crippen molar-refractivity contribution in [2.24, 2.45) is 0 Å². The number of hydrogen-bond acceptors (Lipinski definition) is 6. The summed E-state index contributed by atoms with van der Waals surface area (Å²) in [6, 6.07) is 12.9. The molecule has 3 aromatic rings. The van der Waals surface area contributed by atoms with Crippen LogP contribution < -0.4 is 14.8 Å². The number of nitrogens with one attached hydrogen (secondary N) is 1. The number of ketones is 1. The predicted molar refractivity (Wildman–Crippen MR) is 118 cm³/mol. The highest BCUT2D eigenvalue weighted by Crippen LogP contribution is 2.36. The Balaban J connectivity index is 1.50. The normalized spacial score (nSPS) is 12.6. The first kappa shape index (κ1) is 20.2. The number of ether oxygens (including phenoxy) is 2. The molecule has 0 unspecified atom stereocenters. The maximum atomic E-state index is 12.4. The van der Waals surface area contributed by atoms with Crippen molar-refractivity contribution >= 4 is 40.0 Å². The number of pyridine rings is 1. The first-order chi connectivity index (χ1) is 14.5. The third-order valence-corrected chi connectivity index (χ3v) is 5.83. The first-order valence-electron chi connectivity index (χ1n) is 9.80. The van der Waals surface area contributed by atoms with Crippen LogP contribution in [0.5, 0.6) is 11.5 Å². The summed E-state index contributed by atoms with van der Waals surface area (Å²) in [5.74, 6) is 1.48. The Bertz CT molecular complexity index is 1130. The lowest BCUT2D eigenvalue weighted by molar-refractivity contribution is -0.113. The molecule has 0 radical (unpaired) electrons. The van der Waals surface area contributed by atoms with Crippen LogP contribution in [-0.4, -0.2) is 35.6 Å². The monoisotopic (exact) mass is 422 g/mol. The topological polar surface area (TPSA) is 77.5 Å². The molecule has 2 heterocycles. The number of hydrogen-bond donors (Lipinski definition) is 1. The van der Waals surface area contributed by atoms with E-state index in [0.717, 1.165) is 33.7 Å². The van der Waals surface area contributed by atoms with E-state index in [-0.39, 0.29) is 17.4 Å². The second-order valence-electron chi connectivity index (χ2n) is 6.97. The molecule has 0 bridgehead atoms. The molecule has 1 aliphatic heterocycles. The fourth-order valence-electron chi connectivity index (χ4n) is 3.26. The Morgan fingerprint density at radius 3 is 2.60 bits per heavy atom. The standard InChI is InChI=1S/C23H22N2O4S/c1-3-15-9-17-11-20-21(29-8-7-28-20)12-19(17)25-23(15)30-13-22(27)24-18-6-4-5-16(10-18)14(2)26/h4-6,9-12H,3,7-8,13H2,1-2H3,(H,24,27). The van der Waals surface area contributed by atoms with Gasteiger partial charge >= 0.3 is 0 Å². The molecule has 154 valence electrons. The molecule has 6 nitrogen and oxygen atoms in total. The molecule has 30 heavy (non-hydrogen) atoms. The molecule has 0 spiro atoms.